The predicted molar refractivity (Wildman–Crippen MR) is 343 cm³/mol. The Balaban J connectivity index is 4.45. The molecule has 0 aromatic rings. The first-order valence-corrected chi connectivity index (χ1v) is 32.3. The van der Waals surface area contributed by atoms with Crippen LogP contribution in [-0.2, 0) is 28.6 Å². The zero-order chi connectivity index (χ0) is 57.1. The molecule has 1 atom stereocenters. The number of carbonyl (C=O) groups is 3. The van der Waals surface area contributed by atoms with Gasteiger partial charge in [-0.1, -0.05) is 282 Å². The molecule has 0 aromatic heterocycles. The molecule has 0 rings (SSSR count). The van der Waals surface area contributed by atoms with Crippen LogP contribution in [0.15, 0.2) is 146 Å². The van der Waals surface area contributed by atoms with Gasteiger partial charge >= 0.3 is 17.9 Å². The largest absolute Gasteiger partial charge is 0.462 e. The zero-order valence-electron chi connectivity index (χ0n) is 51.1. The zero-order valence-corrected chi connectivity index (χ0v) is 51.1. The van der Waals surface area contributed by atoms with Gasteiger partial charge in [0.05, 0.1) is 0 Å². The van der Waals surface area contributed by atoms with Crippen molar-refractivity contribution in [3.05, 3.63) is 146 Å². The smallest absolute Gasteiger partial charge is 0.306 e. The van der Waals surface area contributed by atoms with Gasteiger partial charge in [-0.2, -0.15) is 0 Å². The number of hydrogen-bond acceptors (Lipinski definition) is 6. The highest BCUT2D eigenvalue weighted by molar-refractivity contribution is 5.71. The molecule has 0 saturated carbocycles. The summed E-state index contributed by atoms with van der Waals surface area (Å²) in [4.78, 5) is 38.3. The van der Waals surface area contributed by atoms with E-state index in [0.717, 1.165) is 135 Å². The summed E-state index contributed by atoms with van der Waals surface area (Å²) in [6.45, 7) is 6.38. The molecule has 0 heterocycles. The van der Waals surface area contributed by atoms with Crippen molar-refractivity contribution in [2.75, 3.05) is 13.2 Å². The van der Waals surface area contributed by atoms with Gasteiger partial charge in [-0.15, -0.1) is 0 Å². The van der Waals surface area contributed by atoms with E-state index >= 15 is 0 Å². The fourth-order valence-corrected chi connectivity index (χ4v) is 8.57. The number of unbranched alkanes of at least 4 members (excludes halogenated alkanes) is 22. The van der Waals surface area contributed by atoms with Crippen molar-refractivity contribution >= 4 is 17.9 Å². The fraction of sp³-hybridized carbons (Fsp3) is 0.630. The van der Waals surface area contributed by atoms with Gasteiger partial charge in [0.25, 0.3) is 0 Å². The minimum atomic E-state index is -0.806. The highest BCUT2D eigenvalue weighted by Gasteiger charge is 2.19. The van der Waals surface area contributed by atoms with E-state index in [-0.39, 0.29) is 31.1 Å². The maximum Gasteiger partial charge on any atom is 0.306 e. The Kier molecular flexibility index (Phi) is 61.9. The molecule has 0 bridgehead atoms. The maximum atomic E-state index is 12.9. The molecule has 0 fully saturated rings. The Labute approximate surface area is 487 Å². The van der Waals surface area contributed by atoms with E-state index in [1.54, 1.807) is 0 Å². The van der Waals surface area contributed by atoms with Crippen LogP contribution in [0.5, 0.6) is 0 Å². The van der Waals surface area contributed by atoms with E-state index in [9.17, 15) is 14.4 Å². The third kappa shape index (κ3) is 64.0. The summed E-state index contributed by atoms with van der Waals surface area (Å²) >= 11 is 0. The number of allylic oxidation sites excluding steroid dienone is 24. The van der Waals surface area contributed by atoms with Crippen molar-refractivity contribution in [2.24, 2.45) is 0 Å². The number of rotatable bonds is 57. The van der Waals surface area contributed by atoms with E-state index in [4.69, 9.17) is 14.2 Å². The summed E-state index contributed by atoms with van der Waals surface area (Å²) in [5.74, 6) is -0.950. The molecule has 0 aliphatic heterocycles. The number of carbonyl (C=O) groups excluding carboxylic acids is 3. The lowest BCUT2D eigenvalue weighted by Crippen LogP contribution is -2.30. The Hall–Kier alpha value is -4.71. The molecule has 0 saturated heterocycles. The van der Waals surface area contributed by atoms with Gasteiger partial charge in [0, 0.05) is 19.3 Å². The topological polar surface area (TPSA) is 78.9 Å². The molecule has 0 N–H and O–H groups in total. The molecular formula is C73H118O6. The third-order valence-electron chi connectivity index (χ3n) is 13.3. The van der Waals surface area contributed by atoms with E-state index in [1.165, 1.54) is 96.3 Å². The van der Waals surface area contributed by atoms with Crippen molar-refractivity contribution in [1.82, 2.24) is 0 Å². The van der Waals surface area contributed by atoms with Crippen LogP contribution in [0, 0.1) is 0 Å². The van der Waals surface area contributed by atoms with E-state index in [1.807, 2.05) is 0 Å². The summed E-state index contributed by atoms with van der Waals surface area (Å²) in [5.41, 5.74) is 0. The minimum Gasteiger partial charge on any atom is -0.462 e. The van der Waals surface area contributed by atoms with Gasteiger partial charge < -0.3 is 14.2 Å². The van der Waals surface area contributed by atoms with Crippen molar-refractivity contribution in [3.63, 3.8) is 0 Å². The van der Waals surface area contributed by atoms with Crippen LogP contribution in [0.1, 0.15) is 278 Å². The van der Waals surface area contributed by atoms with Gasteiger partial charge in [-0.3, -0.25) is 14.4 Å². The summed E-state index contributed by atoms with van der Waals surface area (Å²) in [6.07, 6.45) is 94.2. The Morgan fingerprint density at radius 3 is 0.797 bits per heavy atom. The molecule has 6 nitrogen and oxygen atoms in total. The highest BCUT2D eigenvalue weighted by Crippen LogP contribution is 2.15. The highest BCUT2D eigenvalue weighted by atomic mass is 16.6. The number of esters is 3. The lowest BCUT2D eigenvalue weighted by molar-refractivity contribution is -0.167. The van der Waals surface area contributed by atoms with E-state index in [2.05, 4.69) is 167 Å². The summed E-state index contributed by atoms with van der Waals surface area (Å²) < 4.78 is 16.9. The third-order valence-corrected chi connectivity index (χ3v) is 13.3. The molecule has 0 aromatic carbocycles. The molecule has 1 unspecified atom stereocenters. The molecule has 446 valence electrons. The van der Waals surface area contributed by atoms with Crippen LogP contribution in [0.4, 0.5) is 0 Å². The summed E-state index contributed by atoms with van der Waals surface area (Å²) in [7, 11) is 0. The van der Waals surface area contributed by atoms with Crippen LogP contribution in [0.25, 0.3) is 0 Å². The van der Waals surface area contributed by atoms with Gasteiger partial charge in [0.1, 0.15) is 13.2 Å². The monoisotopic (exact) mass is 1090 g/mol. The van der Waals surface area contributed by atoms with Gasteiger partial charge in [0.15, 0.2) is 6.10 Å². The molecule has 6 heteroatoms. The van der Waals surface area contributed by atoms with Crippen LogP contribution in [-0.4, -0.2) is 37.2 Å². The second kappa shape index (κ2) is 65.8. The first-order valence-electron chi connectivity index (χ1n) is 32.3. The molecule has 0 aliphatic carbocycles. The number of ether oxygens (including phenoxy) is 3. The molecule has 0 spiro atoms. The Bertz CT molecular complexity index is 1730. The first kappa shape index (κ1) is 74.3. The second-order valence-corrected chi connectivity index (χ2v) is 20.9. The molecule has 79 heavy (non-hydrogen) atoms. The van der Waals surface area contributed by atoms with Crippen LogP contribution in [0.3, 0.4) is 0 Å². The summed E-state index contributed by atoms with van der Waals surface area (Å²) in [6, 6.07) is 0. The van der Waals surface area contributed by atoms with Gasteiger partial charge in [0.2, 0.25) is 0 Å². The van der Waals surface area contributed by atoms with Crippen LogP contribution < -0.4 is 0 Å². The number of hydrogen-bond donors (Lipinski definition) is 0. The van der Waals surface area contributed by atoms with E-state index < -0.39 is 6.10 Å². The second-order valence-electron chi connectivity index (χ2n) is 20.9. The van der Waals surface area contributed by atoms with Crippen LogP contribution >= 0.6 is 0 Å². The molecule has 0 aliphatic rings. The molecular weight excluding hydrogens is 973 g/mol. The lowest BCUT2D eigenvalue weighted by Gasteiger charge is -2.18. The lowest BCUT2D eigenvalue weighted by atomic mass is 10.0. The Morgan fingerprint density at radius 2 is 0.494 bits per heavy atom. The van der Waals surface area contributed by atoms with Gasteiger partial charge in [-0.25, -0.2) is 0 Å². The fourth-order valence-electron chi connectivity index (χ4n) is 8.57. The van der Waals surface area contributed by atoms with Crippen molar-refractivity contribution in [2.45, 2.75) is 284 Å². The van der Waals surface area contributed by atoms with Gasteiger partial charge in [-0.05, 0) is 122 Å². The standard InChI is InChI=1S/C73H118O6/c1-4-7-10-13-16-19-22-25-27-29-31-33-34-35-36-37-38-40-41-43-45-48-51-54-57-60-63-66-72(75)78-69-70(68-77-71(74)65-62-59-56-53-50-47-24-21-18-15-12-9-6-3)79-73(76)67-64-61-58-55-52-49-46-44-42-39-32-30-28-26-23-20-17-14-11-8-5-2/h7-8,10-11,16-17,19-20,25-28,31-33,35-36,38-40,43,45,51,54,70H,4-6,9,12-15,18,21-24,29-30,34,37,41-42,44,46-50,52-53,55-69H2,1-3H3/b10-7-,11-8-,19-16-,20-17-,27-25-,28-26-,33-31-,36-35-,39-32-,40-38-,45-43-,54-51-. The normalized spacial score (nSPS) is 13.1. The minimum absolute atomic E-state index is 0.0980. The SMILES string of the molecule is CC/C=C\C/C=C\C/C=C\C/C=C\C/C=C\C/C=C\C/C=C\C/C=C\CCCCC(=O)OCC(COC(=O)CCCCCCCCCCCCCCC)OC(=O)CCCCCCCCCC/C=C\C/C=C\C/C=C\C/C=C\CC. The van der Waals surface area contributed by atoms with Crippen molar-refractivity contribution in [1.29, 1.82) is 0 Å². The quantitative estimate of drug-likeness (QED) is 0.0261. The maximum absolute atomic E-state index is 12.9. The first-order chi connectivity index (χ1) is 39.0. The van der Waals surface area contributed by atoms with Crippen molar-refractivity contribution in [3.8, 4) is 0 Å². The molecule has 0 radical (unpaired) electrons. The average molecular weight is 1090 g/mol. The predicted octanol–water partition coefficient (Wildman–Crippen LogP) is 22.3. The molecule has 0 amide bonds. The van der Waals surface area contributed by atoms with E-state index in [0.29, 0.717) is 25.7 Å². The Morgan fingerprint density at radius 1 is 0.266 bits per heavy atom. The average Bonchev–Trinajstić information content (AvgIpc) is 3.45. The summed E-state index contributed by atoms with van der Waals surface area (Å²) in [5, 5.41) is 0. The van der Waals surface area contributed by atoms with Crippen molar-refractivity contribution < 1.29 is 28.6 Å². The van der Waals surface area contributed by atoms with Crippen LogP contribution in [0.2, 0.25) is 0 Å².